The molecule has 4 rings (SSSR count). The number of carbonyl (C=O) groups is 2. The number of nitro groups is 1. The van der Waals surface area contributed by atoms with Crippen LogP contribution >= 0.6 is 0 Å². The Labute approximate surface area is 212 Å². The molecular formula is C25H23N3O8S. The Morgan fingerprint density at radius 3 is 2.14 bits per heavy atom. The summed E-state index contributed by atoms with van der Waals surface area (Å²) < 4.78 is 32.0. The molecular weight excluding hydrogens is 502 g/mol. The van der Waals surface area contributed by atoms with E-state index in [1.54, 1.807) is 0 Å². The second-order valence-electron chi connectivity index (χ2n) is 8.21. The van der Waals surface area contributed by atoms with Crippen molar-refractivity contribution in [2.24, 2.45) is 0 Å². The van der Waals surface area contributed by atoms with E-state index in [9.17, 15) is 33.2 Å². The molecule has 0 bridgehead atoms. The van der Waals surface area contributed by atoms with Crippen LogP contribution in [0, 0.1) is 10.1 Å². The number of amides is 1. The molecule has 0 atom stereocenters. The number of sulfonamides is 1. The fourth-order valence-corrected chi connectivity index (χ4v) is 5.88. The van der Waals surface area contributed by atoms with Gasteiger partial charge in [0.05, 0.1) is 4.92 Å². The Bertz CT molecular complexity index is 1410. The summed E-state index contributed by atoms with van der Waals surface area (Å²) in [5.41, 5.74) is 3.51. The zero-order chi connectivity index (χ0) is 26.6. The van der Waals surface area contributed by atoms with E-state index in [0.717, 1.165) is 34.4 Å². The van der Waals surface area contributed by atoms with E-state index in [-0.39, 0.29) is 19.1 Å². The molecule has 0 heterocycles. The fourth-order valence-electron chi connectivity index (χ4n) is 4.33. The van der Waals surface area contributed by atoms with E-state index >= 15 is 0 Å². The summed E-state index contributed by atoms with van der Waals surface area (Å²) in [7, 11) is -4.54. The van der Waals surface area contributed by atoms with Crippen molar-refractivity contribution in [3.05, 3.63) is 94.0 Å². The highest BCUT2D eigenvalue weighted by Gasteiger charge is 2.33. The first kappa shape index (κ1) is 25.8. The minimum Gasteiger partial charge on any atom is -0.480 e. The number of para-hydroxylation sites is 1. The molecule has 0 unspecified atom stereocenters. The maximum atomic E-state index is 13.0. The van der Waals surface area contributed by atoms with Crippen LogP contribution in [0.15, 0.2) is 77.7 Å². The zero-order valence-corrected chi connectivity index (χ0v) is 20.3. The molecule has 192 valence electrons. The average Bonchev–Trinajstić information content (AvgIpc) is 3.20. The molecule has 1 amide bonds. The third kappa shape index (κ3) is 5.44. The Morgan fingerprint density at radius 1 is 0.973 bits per heavy atom. The van der Waals surface area contributed by atoms with Crippen molar-refractivity contribution in [1.29, 1.82) is 0 Å². The van der Waals surface area contributed by atoms with Gasteiger partial charge in [-0.3, -0.25) is 14.9 Å². The lowest BCUT2D eigenvalue weighted by Crippen LogP contribution is -2.41. The Hall–Kier alpha value is -4.29. The normalized spacial score (nSPS) is 12.6. The minimum atomic E-state index is -4.54. The van der Waals surface area contributed by atoms with Crippen LogP contribution in [-0.4, -0.2) is 61.1 Å². The van der Waals surface area contributed by atoms with Crippen molar-refractivity contribution in [3.8, 4) is 11.1 Å². The van der Waals surface area contributed by atoms with E-state index in [4.69, 9.17) is 4.74 Å². The summed E-state index contributed by atoms with van der Waals surface area (Å²) in [6.07, 6.45) is -0.805. The predicted octanol–water partition coefficient (Wildman–Crippen LogP) is 3.21. The number of aliphatic carboxylic acids is 1. The molecule has 1 aliphatic rings. The number of carboxylic acids is 1. The molecule has 0 radical (unpaired) electrons. The number of rotatable bonds is 10. The summed E-state index contributed by atoms with van der Waals surface area (Å²) >= 11 is 0. The number of nitrogens with one attached hydrogen (secondary N) is 1. The topological polar surface area (TPSA) is 156 Å². The highest BCUT2D eigenvalue weighted by molar-refractivity contribution is 7.89. The maximum Gasteiger partial charge on any atom is 0.407 e. The van der Waals surface area contributed by atoms with Gasteiger partial charge in [-0.15, -0.1) is 0 Å². The SMILES string of the molecule is O=C(O)CN(CCNC(=O)OCC1c2ccccc2-c2ccccc21)S(=O)(=O)c1ccccc1[N+](=O)[O-]. The molecule has 0 spiro atoms. The lowest BCUT2D eigenvalue weighted by molar-refractivity contribution is -0.387. The van der Waals surface area contributed by atoms with Crippen LogP contribution in [0.1, 0.15) is 17.0 Å². The van der Waals surface area contributed by atoms with Gasteiger partial charge < -0.3 is 15.2 Å². The number of hydrogen-bond donors (Lipinski definition) is 2. The summed E-state index contributed by atoms with van der Waals surface area (Å²) in [4.78, 5) is 33.5. The summed E-state index contributed by atoms with van der Waals surface area (Å²) in [6.45, 7) is -1.61. The van der Waals surface area contributed by atoms with Gasteiger partial charge in [-0.1, -0.05) is 60.7 Å². The van der Waals surface area contributed by atoms with Gasteiger partial charge in [-0.05, 0) is 28.3 Å². The molecule has 0 saturated carbocycles. The Morgan fingerprint density at radius 2 is 1.54 bits per heavy atom. The number of alkyl carbamates (subject to hydrolysis) is 1. The highest BCUT2D eigenvalue weighted by atomic mass is 32.2. The van der Waals surface area contributed by atoms with Crippen molar-refractivity contribution >= 4 is 27.8 Å². The molecule has 12 heteroatoms. The first-order valence-electron chi connectivity index (χ1n) is 11.2. The summed E-state index contributed by atoms with van der Waals surface area (Å²) in [5.74, 6) is -1.62. The van der Waals surface area contributed by atoms with E-state index in [1.165, 1.54) is 12.1 Å². The van der Waals surface area contributed by atoms with Gasteiger partial charge in [0.25, 0.3) is 15.7 Å². The van der Waals surface area contributed by atoms with E-state index < -0.39 is 50.7 Å². The predicted molar refractivity (Wildman–Crippen MR) is 133 cm³/mol. The van der Waals surface area contributed by atoms with Crippen molar-refractivity contribution < 1.29 is 32.8 Å². The third-order valence-corrected chi connectivity index (χ3v) is 7.86. The number of benzene rings is 3. The molecule has 11 nitrogen and oxygen atoms in total. The number of fused-ring (bicyclic) bond motifs is 3. The van der Waals surface area contributed by atoms with Crippen LogP contribution in [0.3, 0.4) is 0 Å². The van der Waals surface area contributed by atoms with Gasteiger partial charge in [0.15, 0.2) is 4.90 Å². The molecule has 0 fully saturated rings. The number of nitrogens with zero attached hydrogens (tertiary/aromatic N) is 2. The lowest BCUT2D eigenvalue weighted by atomic mass is 9.98. The molecule has 0 aromatic heterocycles. The van der Waals surface area contributed by atoms with Gasteiger partial charge in [0.2, 0.25) is 0 Å². The van der Waals surface area contributed by atoms with Gasteiger partial charge in [-0.2, -0.15) is 4.31 Å². The Kier molecular flexibility index (Phi) is 7.50. The second kappa shape index (κ2) is 10.8. The third-order valence-electron chi connectivity index (χ3n) is 5.97. The smallest absolute Gasteiger partial charge is 0.407 e. The van der Waals surface area contributed by atoms with Crippen molar-refractivity contribution in [2.75, 3.05) is 26.2 Å². The molecule has 0 saturated heterocycles. The van der Waals surface area contributed by atoms with E-state index in [0.29, 0.717) is 4.31 Å². The van der Waals surface area contributed by atoms with E-state index in [1.807, 2.05) is 48.5 Å². The van der Waals surface area contributed by atoms with Crippen LogP contribution < -0.4 is 5.32 Å². The van der Waals surface area contributed by atoms with Gasteiger partial charge in [0.1, 0.15) is 13.2 Å². The van der Waals surface area contributed by atoms with E-state index in [2.05, 4.69) is 5.32 Å². The van der Waals surface area contributed by atoms with Crippen molar-refractivity contribution in [1.82, 2.24) is 9.62 Å². The quantitative estimate of drug-likeness (QED) is 0.302. The van der Waals surface area contributed by atoms with Gasteiger partial charge >= 0.3 is 12.1 Å². The second-order valence-corrected chi connectivity index (χ2v) is 10.1. The molecule has 3 aromatic rings. The number of nitro benzene ring substituents is 1. The standard InChI is InChI=1S/C25H23N3O8S/c29-24(30)15-27(37(34,35)23-12-6-5-11-22(23)28(32)33)14-13-26-25(31)36-16-21-19-9-3-1-7-17(19)18-8-2-4-10-20(18)21/h1-12,21H,13-16H2,(H,26,31)(H,29,30). The molecule has 37 heavy (non-hydrogen) atoms. The van der Waals surface area contributed by atoms with Gasteiger partial charge in [0, 0.05) is 25.1 Å². The monoisotopic (exact) mass is 525 g/mol. The summed E-state index contributed by atoms with van der Waals surface area (Å²) in [6, 6.07) is 20.3. The molecule has 1 aliphatic carbocycles. The van der Waals surface area contributed by atoms with Crippen LogP contribution in [0.2, 0.25) is 0 Å². The molecule has 2 N–H and O–H groups in total. The first-order valence-corrected chi connectivity index (χ1v) is 12.7. The minimum absolute atomic E-state index is 0.0488. The van der Waals surface area contributed by atoms with Crippen molar-refractivity contribution in [2.45, 2.75) is 10.8 Å². The number of hydrogen-bond acceptors (Lipinski definition) is 7. The summed E-state index contributed by atoms with van der Waals surface area (Å²) in [5, 5.41) is 22.9. The Balaban J connectivity index is 1.40. The maximum absolute atomic E-state index is 13.0. The van der Waals surface area contributed by atoms with Gasteiger partial charge in [-0.25, -0.2) is 13.2 Å². The first-order chi connectivity index (χ1) is 17.7. The number of carbonyl (C=O) groups excluding carboxylic acids is 1. The largest absolute Gasteiger partial charge is 0.480 e. The molecule has 3 aromatic carbocycles. The van der Waals surface area contributed by atoms with Crippen molar-refractivity contribution in [3.63, 3.8) is 0 Å². The number of ether oxygens (including phenoxy) is 1. The fraction of sp³-hybridized carbons (Fsp3) is 0.200. The van der Waals surface area contributed by atoms with Crippen LogP contribution in [0.25, 0.3) is 11.1 Å². The number of carboxylic acid groups (broad SMARTS) is 1. The average molecular weight is 526 g/mol. The zero-order valence-electron chi connectivity index (χ0n) is 19.4. The lowest BCUT2D eigenvalue weighted by Gasteiger charge is -2.20. The van der Waals surface area contributed by atoms with Crippen LogP contribution in [-0.2, 0) is 19.6 Å². The van der Waals surface area contributed by atoms with Crippen LogP contribution in [0.4, 0.5) is 10.5 Å². The highest BCUT2D eigenvalue weighted by Crippen LogP contribution is 2.44. The molecule has 0 aliphatic heterocycles. The van der Waals surface area contributed by atoms with Crippen LogP contribution in [0.5, 0.6) is 0 Å².